The Bertz CT molecular complexity index is 1550. The van der Waals surface area contributed by atoms with Crippen molar-refractivity contribution in [2.24, 2.45) is 0 Å². The van der Waals surface area contributed by atoms with E-state index in [0.29, 0.717) is 41.2 Å². The van der Waals surface area contributed by atoms with Gasteiger partial charge in [-0.2, -0.15) is 0 Å². The Morgan fingerprint density at radius 3 is 2.67 bits per heavy atom. The van der Waals surface area contributed by atoms with Crippen molar-refractivity contribution in [3.05, 3.63) is 102 Å². The van der Waals surface area contributed by atoms with E-state index in [0.717, 1.165) is 43.5 Å². The van der Waals surface area contributed by atoms with Crippen LogP contribution >= 0.6 is 0 Å². The van der Waals surface area contributed by atoms with Crippen molar-refractivity contribution in [3.63, 3.8) is 0 Å². The zero-order valence-corrected chi connectivity index (χ0v) is 24.1. The van der Waals surface area contributed by atoms with Crippen molar-refractivity contribution in [1.82, 2.24) is 30.5 Å². The highest BCUT2D eigenvalue weighted by Crippen LogP contribution is 2.33. The summed E-state index contributed by atoms with van der Waals surface area (Å²) < 4.78 is 5.66. The van der Waals surface area contributed by atoms with Gasteiger partial charge in [0.05, 0.1) is 29.7 Å². The topological polar surface area (TPSA) is 133 Å². The third-order valence-electron chi connectivity index (χ3n) is 8.27. The highest BCUT2D eigenvalue weighted by atomic mass is 16.3. The summed E-state index contributed by atoms with van der Waals surface area (Å²) in [5.41, 5.74) is 3.58. The molecule has 43 heavy (non-hydrogen) atoms. The Balaban J connectivity index is 1.32. The number of carbonyl (C=O) groups is 2. The van der Waals surface area contributed by atoms with Crippen LogP contribution in [0.5, 0.6) is 0 Å². The molecule has 10 nitrogen and oxygen atoms in total. The van der Waals surface area contributed by atoms with E-state index >= 15 is 0 Å². The average molecular weight is 581 g/mol. The number of hydrogen-bond acceptors (Lipinski definition) is 8. The van der Waals surface area contributed by atoms with Crippen LogP contribution < -0.4 is 10.6 Å². The minimum absolute atomic E-state index is 0.108. The van der Waals surface area contributed by atoms with Crippen LogP contribution in [0.25, 0.3) is 11.3 Å². The lowest BCUT2D eigenvalue weighted by Crippen LogP contribution is -2.52. The number of benzene rings is 2. The Labute approximate surface area is 250 Å². The molecule has 2 aromatic heterocycles. The number of carbonyl (C=O) groups excluding carboxylic acids is 2. The smallest absolute Gasteiger partial charge is 0.254 e. The second-order valence-electron chi connectivity index (χ2n) is 11.3. The molecule has 4 unspecified atom stereocenters. The minimum atomic E-state index is -0.787. The Morgan fingerprint density at radius 1 is 1.12 bits per heavy atom. The zero-order valence-electron chi connectivity index (χ0n) is 24.1. The first kappa shape index (κ1) is 28.7. The van der Waals surface area contributed by atoms with E-state index in [2.05, 4.69) is 25.6 Å². The fourth-order valence-corrected chi connectivity index (χ4v) is 6.10. The number of oxazole rings is 1. The van der Waals surface area contributed by atoms with Gasteiger partial charge in [0.25, 0.3) is 11.8 Å². The van der Waals surface area contributed by atoms with Crippen LogP contribution in [0, 0.1) is 6.92 Å². The van der Waals surface area contributed by atoms with Crippen molar-refractivity contribution in [1.29, 1.82) is 0 Å². The summed E-state index contributed by atoms with van der Waals surface area (Å²) in [5.74, 6) is -0.0714. The lowest BCUT2D eigenvalue weighted by molar-refractivity contribution is 0.0715. The normalized spacial score (nSPS) is 19.7. The van der Waals surface area contributed by atoms with Crippen LogP contribution in [0.15, 0.2) is 77.8 Å². The van der Waals surface area contributed by atoms with Gasteiger partial charge in [-0.05, 0) is 69.3 Å². The van der Waals surface area contributed by atoms with Crippen molar-refractivity contribution >= 4 is 11.8 Å². The standard InChI is InChI=1S/C33H36N6O4/c1-21-20-43-32(37-21)29-10-6-14-39(29)33(42)25-17-23(28-19-34-12-13-36-28)16-24(18-25)31(41)38-27(15-22-7-3-2-4-8-22)30(40)26-9-5-11-35-26/h2-4,7-8,12-13,16-20,26-27,29-30,35,40H,5-6,9-11,14-15H2,1H3,(H,38,41). The largest absolute Gasteiger partial charge is 0.446 e. The summed E-state index contributed by atoms with van der Waals surface area (Å²) >= 11 is 0. The molecule has 2 aliphatic heterocycles. The molecule has 2 saturated heterocycles. The monoisotopic (exact) mass is 580 g/mol. The lowest BCUT2D eigenvalue weighted by atomic mass is 9.94. The van der Waals surface area contributed by atoms with Crippen LogP contribution in [0.2, 0.25) is 0 Å². The molecule has 0 saturated carbocycles. The van der Waals surface area contributed by atoms with Gasteiger partial charge in [-0.25, -0.2) is 4.98 Å². The van der Waals surface area contributed by atoms with Crippen LogP contribution in [0.4, 0.5) is 0 Å². The van der Waals surface area contributed by atoms with Gasteiger partial charge in [-0.15, -0.1) is 0 Å². The van der Waals surface area contributed by atoms with E-state index in [9.17, 15) is 14.7 Å². The molecule has 2 amide bonds. The van der Waals surface area contributed by atoms with Crippen LogP contribution in [-0.2, 0) is 6.42 Å². The molecule has 6 rings (SSSR count). The molecule has 0 spiro atoms. The van der Waals surface area contributed by atoms with Gasteiger partial charge in [-0.1, -0.05) is 30.3 Å². The van der Waals surface area contributed by atoms with E-state index in [1.54, 1.807) is 48.0 Å². The Kier molecular flexibility index (Phi) is 8.57. The number of amides is 2. The van der Waals surface area contributed by atoms with E-state index in [4.69, 9.17) is 4.42 Å². The molecule has 2 aromatic carbocycles. The van der Waals surface area contributed by atoms with Gasteiger partial charge in [0.15, 0.2) is 0 Å². The maximum Gasteiger partial charge on any atom is 0.254 e. The summed E-state index contributed by atoms with van der Waals surface area (Å²) in [4.78, 5) is 42.7. The van der Waals surface area contributed by atoms with Gasteiger partial charge >= 0.3 is 0 Å². The molecule has 0 bridgehead atoms. The molecule has 10 heteroatoms. The maximum absolute atomic E-state index is 14.0. The molecule has 2 fully saturated rings. The van der Waals surface area contributed by atoms with Gasteiger partial charge in [0.2, 0.25) is 5.89 Å². The average Bonchev–Trinajstić information content (AvgIpc) is 3.83. The minimum Gasteiger partial charge on any atom is -0.446 e. The van der Waals surface area contributed by atoms with Crippen LogP contribution in [0.3, 0.4) is 0 Å². The highest BCUT2D eigenvalue weighted by molar-refractivity contribution is 6.01. The number of hydrogen-bond donors (Lipinski definition) is 3. The summed E-state index contributed by atoms with van der Waals surface area (Å²) in [7, 11) is 0. The Morgan fingerprint density at radius 2 is 1.95 bits per heavy atom. The van der Waals surface area contributed by atoms with Crippen molar-refractivity contribution in [2.75, 3.05) is 13.1 Å². The van der Waals surface area contributed by atoms with Gasteiger partial charge < -0.3 is 25.1 Å². The maximum atomic E-state index is 14.0. The summed E-state index contributed by atoms with van der Waals surface area (Å²) in [5, 5.41) is 17.8. The van der Waals surface area contributed by atoms with E-state index in [1.165, 1.54) is 0 Å². The zero-order chi connectivity index (χ0) is 29.8. The highest BCUT2D eigenvalue weighted by Gasteiger charge is 2.35. The predicted octanol–water partition coefficient (Wildman–Crippen LogP) is 3.87. The molecule has 0 radical (unpaired) electrons. The number of rotatable bonds is 9. The van der Waals surface area contributed by atoms with E-state index in [1.807, 2.05) is 37.3 Å². The number of nitrogens with one attached hydrogen (secondary N) is 2. The number of likely N-dealkylation sites (tertiary alicyclic amines) is 1. The molecule has 4 atom stereocenters. The van der Waals surface area contributed by atoms with Gasteiger partial charge in [-0.3, -0.25) is 19.6 Å². The molecule has 4 aromatic rings. The van der Waals surface area contributed by atoms with Crippen molar-refractivity contribution in [2.45, 2.75) is 63.3 Å². The van der Waals surface area contributed by atoms with E-state index in [-0.39, 0.29) is 23.9 Å². The summed E-state index contributed by atoms with van der Waals surface area (Å²) in [6.45, 7) is 3.25. The molecular formula is C33H36N6O4. The van der Waals surface area contributed by atoms with Crippen LogP contribution in [0.1, 0.15) is 69.6 Å². The molecule has 3 N–H and O–H groups in total. The SMILES string of the molecule is Cc1coc(C2CCCN2C(=O)c2cc(C(=O)NC(Cc3ccccc3)C(O)C3CCCN3)cc(-c3cnccn3)c2)n1. The second-order valence-corrected chi connectivity index (χ2v) is 11.3. The fourth-order valence-electron chi connectivity index (χ4n) is 6.10. The third-order valence-corrected chi connectivity index (χ3v) is 8.27. The number of aliphatic hydroxyl groups excluding tert-OH is 1. The van der Waals surface area contributed by atoms with Crippen LogP contribution in [-0.4, -0.2) is 68.0 Å². The van der Waals surface area contributed by atoms with Gasteiger partial charge in [0.1, 0.15) is 12.3 Å². The molecule has 0 aliphatic carbocycles. The molecule has 4 heterocycles. The first-order valence-electron chi connectivity index (χ1n) is 14.9. The predicted molar refractivity (Wildman–Crippen MR) is 160 cm³/mol. The first-order valence-corrected chi connectivity index (χ1v) is 14.9. The van der Waals surface area contributed by atoms with Crippen molar-refractivity contribution < 1.29 is 19.1 Å². The fraction of sp³-hybridized carbons (Fsp3) is 0.364. The molecule has 2 aliphatic rings. The first-order chi connectivity index (χ1) is 21.0. The Hall–Kier alpha value is -4.41. The third kappa shape index (κ3) is 6.50. The number of nitrogens with zero attached hydrogens (tertiary/aromatic N) is 4. The summed E-state index contributed by atoms with van der Waals surface area (Å²) in [6.07, 6.45) is 9.41. The van der Waals surface area contributed by atoms with Crippen molar-refractivity contribution in [3.8, 4) is 11.3 Å². The molecule has 222 valence electrons. The number of aryl methyl sites for hydroxylation is 1. The molecular weight excluding hydrogens is 544 g/mol. The lowest BCUT2D eigenvalue weighted by Gasteiger charge is -2.29. The number of aromatic nitrogens is 3. The quantitative estimate of drug-likeness (QED) is 0.272. The number of aliphatic hydroxyl groups is 1. The second kappa shape index (κ2) is 12.8. The van der Waals surface area contributed by atoms with Gasteiger partial charge in [0, 0.05) is 41.7 Å². The van der Waals surface area contributed by atoms with E-state index < -0.39 is 12.1 Å². The summed E-state index contributed by atoms with van der Waals surface area (Å²) in [6, 6.07) is 14.0.